The van der Waals surface area contributed by atoms with Gasteiger partial charge in [-0.2, -0.15) is 0 Å². The zero-order valence-electron chi connectivity index (χ0n) is 22.3. The summed E-state index contributed by atoms with van der Waals surface area (Å²) in [5.41, 5.74) is 0. The zero-order valence-corrected chi connectivity index (χ0v) is 22.3. The second kappa shape index (κ2) is 20.5. The molecular weight excluding hydrogens is 446 g/mol. The van der Waals surface area contributed by atoms with E-state index in [4.69, 9.17) is 0 Å². The van der Waals surface area contributed by atoms with Crippen molar-refractivity contribution in [1.82, 2.24) is 10.6 Å². The lowest BCUT2D eigenvalue weighted by molar-refractivity contribution is -0.122. The molecule has 0 spiro atoms. The number of rotatable bonds is 20. The lowest BCUT2D eigenvalue weighted by Crippen LogP contribution is -2.48. The normalized spacial score (nSPS) is 18.6. The van der Waals surface area contributed by atoms with Crippen LogP contribution in [0.2, 0.25) is 0 Å². The highest BCUT2D eigenvalue weighted by molar-refractivity contribution is 5.92. The number of carbonyl (C=O) groups is 2. The van der Waals surface area contributed by atoms with Gasteiger partial charge in [-0.05, 0) is 57.1 Å². The van der Waals surface area contributed by atoms with E-state index in [1.807, 2.05) is 0 Å². The molecule has 2 N–H and O–H groups in total. The first kappa shape index (κ1) is 31.3. The van der Waals surface area contributed by atoms with Gasteiger partial charge in [0, 0.05) is 12.1 Å². The SMILES string of the molecule is CCCCCCCCC/C=C(/F)C(=O)N[C@H]1CCC[C@H]1NC(=O)/C(F)=C\CCCCCCCCC. The van der Waals surface area contributed by atoms with Gasteiger partial charge in [0.05, 0.1) is 0 Å². The maximum absolute atomic E-state index is 14.2. The Morgan fingerprint density at radius 3 is 1.34 bits per heavy atom. The van der Waals surface area contributed by atoms with Crippen LogP contribution in [0.4, 0.5) is 8.78 Å². The molecule has 6 heteroatoms. The van der Waals surface area contributed by atoms with Crippen LogP contribution >= 0.6 is 0 Å². The Bertz CT molecular complexity index is 595. The van der Waals surface area contributed by atoms with Crippen molar-refractivity contribution in [3.8, 4) is 0 Å². The topological polar surface area (TPSA) is 58.2 Å². The summed E-state index contributed by atoms with van der Waals surface area (Å²) in [5.74, 6) is -3.02. The van der Waals surface area contributed by atoms with Gasteiger partial charge >= 0.3 is 0 Å². The molecule has 2 amide bonds. The Balaban J connectivity index is 2.30. The van der Waals surface area contributed by atoms with Crippen molar-refractivity contribution in [2.45, 2.75) is 148 Å². The van der Waals surface area contributed by atoms with E-state index in [0.717, 1.165) is 44.9 Å². The molecule has 0 aromatic heterocycles. The molecule has 4 nitrogen and oxygen atoms in total. The van der Waals surface area contributed by atoms with Gasteiger partial charge in [0.15, 0.2) is 11.7 Å². The first-order valence-electron chi connectivity index (χ1n) is 14.3. The first-order chi connectivity index (χ1) is 17.0. The van der Waals surface area contributed by atoms with Gasteiger partial charge in [0.2, 0.25) is 0 Å². The van der Waals surface area contributed by atoms with Crippen LogP contribution in [0, 0.1) is 0 Å². The van der Waals surface area contributed by atoms with Gasteiger partial charge < -0.3 is 10.6 Å². The molecule has 202 valence electrons. The van der Waals surface area contributed by atoms with Gasteiger partial charge in [-0.3, -0.25) is 9.59 Å². The molecule has 0 saturated heterocycles. The Hall–Kier alpha value is -1.72. The minimum absolute atomic E-state index is 0.375. The number of halogens is 2. The van der Waals surface area contributed by atoms with Crippen molar-refractivity contribution in [1.29, 1.82) is 0 Å². The molecule has 0 unspecified atom stereocenters. The fraction of sp³-hybridized carbons (Fsp3) is 0.793. The van der Waals surface area contributed by atoms with E-state index in [0.29, 0.717) is 25.7 Å². The maximum atomic E-state index is 14.2. The average molecular weight is 497 g/mol. The summed E-state index contributed by atoms with van der Waals surface area (Å²) < 4.78 is 28.4. The zero-order chi connectivity index (χ0) is 25.7. The molecular formula is C29H50F2N2O2. The third kappa shape index (κ3) is 15.1. The molecule has 0 aromatic rings. The van der Waals surface area contributed by atoms with Crippen molar-refractivity contribution in [2.24, 2.45) is 0 Å². The molecule has 2 atom stereocenters. The van der Waals surface area contributed by atoms with Crippen LogP contribution in [0.1, 0.15) is 136 Å². The number of hydrogen-bond donors (Lipinski definition) is 2. The molecule has 1 rings (SSSR count). The molecule has 35 heavy (non-hydrogen) atoms. The first-order valence-corrected chi connectivity index (χ1v) is 14.3. The monoisotopic (exact) mass is 496 g/mol. The summed E-state index contributed by atoms with van der Waals surface area (Å²) >= 11 is 0. The van der Waals surface area contributed by atoms with Crippen LogP contribution < -0.4 is 10.6 Å². The lowest BCUT2D eigenvalue weighted by atomic mass is 10.1. The highest BCUT2D eigenvalue weighted by Gasteiger charge is 2.31. The largest absolute Gasteiger partial charge is 0.345 e. The Morgan fingerprint density at radius 2 is 0.971 bits per heavy atom. The highest BCUT2D eigenvalue weighted by Crippen LogP contribution is 2.21. The summed E-state index contributed by atoms with van der Waals surface area (Å²) in [5, 5.41) is 5.38. The number of unbranched alkanes of at least 4 members (excludes halogenated alkanes) is 14. The fourth-order valence-corrected chi connectivity index (χ4v) is 4.63. The number of carbonyl (C=O) groups excluding carboxylic acids is 2. The average Bonchev–Trinajstić information content (AvgIpc) is 3.28. The highest BCUT2D eigenvalue weighted by atomic mass is 19.1. The van der Waals surface area contributed by atoms with Gasteiger partial charge in [-0.1, -0.05) is 90.9 Å². The molecule has 0 heterocycles. The second-order valence-electron chi connectivity index (χ2n) is 10.0. The Labute approximate surface area is 212 Å². The second-order valence-corrected chi connectivity index (χ2v) is 10.0. The minimum atomic E-state index is -0.770. The molecule has 0 aliphatic heterocycles. The van der Waals surface area contributed by atoms with Gasteiger partial charge in [-0.25, -0.2) is 8.78 Å². The minimum Gasteiger partial charge on any atom is -0.345 e. The van der Waals surface area contributed by atoms with E-state index in [-0.39, 0.29) is 12.1 Å². The molecule has 0 aromatic carbocycles. The molecule has 0 radical (unpaired) electrons. The predicted octanol–water partition coefficient (Wildman–Crippen LogP) is 8.13. The third-order valence-corrected chi connectivity index (χ3v) is 6.85. The molecule has 1 aliphatic rings. The van der Waals surface area contributed by atoms with E-state index in [9.17, 15) is 18.4 Å². The summed E-state index contributed by atoms with van der Waals surface area (Å²) in [6.07, 6.45) is 21.9. The Kier molecular flexibility index (Phi) is 18.3. The molecule has 1 fully saturated rings. The fourth-order valence-electron chi connectivity index (χ4n) is 4.63. The van der Waals surface area contributed by atoms with E-state index in [1.54, 1.807) is 0 Å². The number of hydrogen-bond acceptors (Lipinski definition) is 2. The van der Waals surface area contributed by atoms with Crippen molar-refractivity contribution >= 4 is 11.8 Å². The van der Waals surface area contributed by atoms with Crippen molar-refractivity contribution in [3.05, 3.63) is 23.8 Å². The molecule has 1 saturated carbocycles. The summed E-state index contributed by atoms with van der Waals surface area (Å²) in [6, 6.07) is -0.750. The smallest absolute Gasteiger partial charge is 0.279 e. The van der Waals surface area contributed by atoms with Crippen LogP contribution in [0.3, 0.4) is 0 Å². The van der Waals surface area contributed by atoms with Crippen LogP contribution in [0.5, 0.6) is 0 Å². The predicted molar refractivity (Wildman–Crippen MR) is 141 cm³/mol. The Morgan fingerprint density at radius 1 is 0.629 bits per heavy atom. The number of nitrogens with one attached hydrogen (secondary N) is 2. The summed E-state index contributed by atoms with van der Waals surface area (Å²) in [4.78, 5) is 24.5. The summed E-state index contributed by atoms with van der Waals surface area (Å²) in [7, 11) is 0. The van der Waals surface area contributed by atoms with Gasteiger partial charge in [-0.15, -0.1) is 0 Å². The van der Waals surface area contributed by atoms with Gasteiger partial charge in [0.1, 0.15) is 0 Å². The number of allylic oxidation sites excluding steroid dienone is 2. The lowest BCUT2D eigenvalue weighted by Gasteiger charge is -2.21. The van der Waals surface area contributed by atoms with E-state index < -0.39 is 23.5 Å². The van der Waals surface area contributed by atoms with E-state index in [2.05, 4.69) is 24.5 Å². The summed E-state index contributed by atoms with van der Waals surface area (Å²) in [6.45, 7) is 4.38. The third-order valence-electron chi connectivity index (χ3n) is 6.85. The van der Waals surface area contributed by atoms with Crippen LogP contribution in [-0.2, 0) is 9.59 Å². The van der Waals surface area contributed by atoms with E-state index >= 15 is 0 Å². The van der Waals surface area contributed by atoms with Crippen LogP contribution in [-0.4, -0.2) is 23.9 Å². The maximum Gasteiger partial charge on any atom is 0.279 e. The van der Waals surface area contributed by atoms with Crippen LogP contribution in [0.25, 0.3) is 0 Å². The molecule has 1 aliphatic carbocycles. The van der Waals surface area contributed by atoms with Crippen molar-refractivity contribution in [2.75, 3.05) is 0 Å². The van der Waals surface area contributed by atoms with Gasteiger partial charge in [0.25, 0.3) is 11.8 Å². The standard InChI is InChI=1S/C29H50F2N2O2/c1-3-5-7-9-11-13-15-17-20-24(30)28(34)32-26-22-19-23-27(26)33-29(35)25(31)21-18-16-14-12-10-8-6-4-2/h20-21,26-27H,3-19,22-23H2,1-2H3,(H,32,34)(H,33,35)/b24-20+,25-21+/t26-,27+. The quantitative estimate of drug-likeness (QED) is 0.132. The molecule has 0 bridgehead atoms. The van der Waals surface area contributed by atoms with Crippen molar-refractivity contribution < 1.29 is 18.4 Å². The number of amides is 2. The van der Waals surface area contributed by atoms with Crippen molar-refractivity contribution in [3.63, 3.8) is 0 Å². The van der Waals surface area contributed by atoms with Crippen LogP contribution in [0.15, 0.2) is 23.8 Å². The van der Waals surface area contributed by atoms with E-state index in [1.165, 1.54) is 63.5 Å².